The molecule has 128 valence electrons. The highest BCUT2D eigenvalue weighted by atomic mass is 32.2. The fourth-order valence-corrected chi connectivity index (χ4v) is 3.17. The first-order chi connectivity index (χ1) is 11.3. The third-order valence-electron chi connectivity index (χ3n) is 3.36. The van der Waals surface area contributed by atoms with E-state index < -0.39 is 15.8 Å². The summed E-state index contributed by atoms with van der Waals surface area (Å²) < 4.78 is 38.0. The summed E-state index contributed by atoms with van der Waals surface area (Å²) in [6, 6.07) is 12.4. The zero-order chi connectivity index (χ0) is 17.7. The van der Waals surface area contributed by atoms with Gasteiger partial charge in [0.05, 0.1) is 11.9 Å². The Labute approximate surface area is 141 Å². The Bertz CT molecular complexity index is 820. The first-order valence-corrected chi connectivity index (χ1v) is 9.20. The molecule has 1 N–H and O–H groups in total. The van der Waals surface area contributed by atoms with E-state index in [1.165, 1.54) is 24.3 Å². The Hall–Kier alpha value is -2.41. The van der Waals surface area contributed by atoms with Crippen LogP contribution in [0, 0.1) is 12.7 Å². The van der Waals surface area contributed by atoms with Gasteiger partial charge in [0.25, 0.3) is 0 Å². The van der Waals surface area contributed by atoms with E-state index in [0.717, 1.165) is 16.1 Å². The number of hydrogen-bond acceptors (Lipinski definition) is 3. The summed E-state index contributed by atoms with van der Waals surface area (Å²) in [5.41, 5.74) is 1.99. The van der Waals surface area contributed by atoms with Crippen LogP contribution >= 0.6 is 0 Å². The average Bonchev–Trinajstić information content (AvgIpc) is 2.48. The molecular formula is C17H19FN2O3S. The largest absolute Gasteiger partial charge is 0.326 e. The van der Waals surface area contributed by atoms with E-state index in [9.17, 15) is 17.6 Å². The molecule has 0 unspecified atom stereocenters. The van der Waals surface area contributed by atoms with Gasteiger partial charge in [0, 0.05) is 18.7 Å². The van der Waals surface area contributed by atoms with E-state index in [2.05, 4.69) is 5.32 Å². The molecule has 0 heterocycles. The number of carbonyl (C=O) groups excluding carboxylic acids is 1. The lowest BCUT2D eigenvalue weighted by atomic mass is 10.2. The van der Waals surface area contributed by atoms with Gasteiger partial charge in [-0.05, 0) is 48.9 Å². The van der Waals surface area contributed by atoms with Crippen LogP contribution in [0.2, 0.25) is 0 Å². The van der Waals surface area contributed by atoms with Gasteiger partial charge >= 0.3 is 0 Å². The Morgan fingerprint density at radius 3 is 2.42 bits per heavy atom. The van der Waals surface area contributed by atoms with Crippen molar-refractivity contribution in [2.75, 3.05) is 22.4 Å². The van der Waals surface area contributed by atoms with Gasteiger partial charge in [-0.15, -0.1) is 0 Å². The zero-order valence-corrected chi connectivity index (χ0v) is 14.3. The van der Waals surface area contributed by atoms with Gasteiger partial charge in [-0.1, -0.05) is 12.1 Å². The van der Waals surface area contributed by atoms with Crippen LogP contribution in [0.4, 0.5) is 15.8 Å². The molecule has 7 heteroatoms. The topological polar surface area (TPSA) is 66.5 Å². The Kier molecular flexibility index (Phi) is 5.56. The number of anilines is 2. The normalized spacial score (nSPS) is 11.1. The third-order valence-corrected chi connectivity index (χ3v) is 4.55. The molecular weight excluding hydrogens is 331 g/mol. The van der Waals surface area contributed by atoms with Crippen LogP contribution in [0.5, 0.6) is 0 Å². The van der Waals surface area contributed by atoms with E-state index in [1.54, 1.807) is 6.07 Å². The molecule has 0 aliphatic heterocycles. The fourth-order valence-electron chi connectivity index (χ4n) is 2.24. The molecule has 2 rings (SSSR count). The van der Waals surface area contributed by atoms with Gasteiger partial charge in [-0.25, -0.2) is 12.8 Å². The van der Waals surface area contributed by atoms with Crippen LogP contribution in [0.15, 0.2) is 48.5 Å². The van der Waals surface area contributed by atoms with Gasteiger partial charge in [0.1, 0.15) is 5.82 Å². The minimum atomic E-state index is -3.58. The summed E-state index contributed by atoms with van der Waals surface area (Å²) in [5, 5.41) is 2.73. The second kappa shape index (κ2) is 7.44. The number of amides is 1. The van der Waals surface area contributed by atoms with Crippen molar-refractivity contribution >= 4 is 27.3 Å². The third kappa shape index (κ3) is 5.06. The molecule has 0 saturated carbocycles. The predicted octanol–water partition coefficient (Wildman–Crippen LogP) is 2.93. The maximum Gasteiger partial charge on any atom is 0.232 e. The highest BCUT2D eigenvalue weighted by Gasteiger charge is 2.18. The zero-order valence-electron chi connectivity index (χ0n) is 13.5. The lowest BCUT2D eigenvalue weighted by Crippen LogP contribution is -2.33. The maximum absolute atomic E-state index is 13.0. The van der Waals surface area contributed by atoms with Crippen molar-refractivity contribution in [2.45, 2.75) is 13.3 Å². The lowest BCUT2D eigenvalue weighted by molar-refractivity contribution is -0.116. The summed E-state index contributed by atoms with van der Waals surface area (Å²) >= 11 is 0. The highest BCUT2D eigenvalue weighted by molar-refractivity contribution is 7.92. The number of rotatable bonds is 6. The monoisotopic (exact) mass is 350 g/mol. The van der Waals surface area contributed by atoms with Gasteiger partial charge < -0.3 is 5.32 Å². The maximum atomic E-state index is 13.0. The number of carbonyl (C=O) groups is 1. The molecule has 0 radical (unpaired) electrons. The molecule has 0 saturated heterocycles. The van der Waals surface area contributed by atoms with Gasteiger partial charge in [-0.3, -0.25) is 9.10 Å². The number of halogens is 1. The highest BCUT2D eigenvalue weighted by Crippen LogP contribution is 2.18. The van der Waals surface area contributed by atoms with Crippen molar-refractivity contribution in [3.8, 4) is 0 Å². The number of nitrogens with zero attached hydrogens (tertiary/aromatic N) is 1. The Morgan fingerprint density at radius 2 is 1.83 bits per heavy atom. The summed E-state index contributed by atoms with van der Waals surface area (Å²) in [5.74, 6) is -0.749. The Balaban J connectivity index is 2.05. The lowest BCUT2D eigenvalue weighted by Gasteiger charge is -2.22. The number of nitrogens with one attached hydrogen (secondary N) is 1. The van der Waals surface area contributed by atoms with Crippen molar-refractivity contribution in [3.63, 3.8) is 0 Å². The van der Waals surface area contributed by atoms with Crippen LogP contribution in [0.1, 0.15) is 12.0 Å². The molecule has 0 aliphatic rings. The van der Waals surface area contributed by atoms with Crippen LogP contribution in [0.3, 0.4) is 0 Å². The van der Waals surface area contributed by atoms with Crippen LogP contribution in [-0.4, -0.2) is 27.1 Å². The first-order valence-electron chi connectivity index (χ1n) is 7.35. The number of benzene rings is 2. The molecule has 0 aliphatic carbocycles. The van der Waals surface area contributed by atoms with Crippen LogP contribution in [0.25, 0.3) is 0 Å². The minimum absolute atomic E-state index is 0.0155. The summed E-state index contributed by atoms with van der Waals surface area (Å²) in [6.45, 7) is 1.89. The van der Waals surface area contributed by atoms with Crippen molar-refractivity contribution in [1.82, 2.24) is 0 Å². The second-order valence-electron chi connectivity index (χ2n) is 5.48. The number of hydrogen-bond donors (Lipinski definition) is 1. The molecule has 5 nitrogen and oxygen atoms in total. The van der Waals surface area contributed by atoms with Crippen LogP contribution in [-0.2, 0) is 14.8 Å². The molecule has 0 fully saturated rings. The minimum Gasteiger partial charge on any atom is -0.326 e. The number of aryl methyl sites for hydroxylation is 1. The van der Waals surface area contributed by atoms with Gasteiger partial charge in [0.2, 0.25) is 15.9 Å². The summed E-state index contributed by atoms with van der Waals surface area (Å²) in [7, 11) is -3.58. The van der Waals surface area contributed by atoms with Crippen LogP contribution < -0.4 is 9.62 Å². The standard InChI is InChI=1S/C17H19FN2O3S/c1-13-4-3-5-15(12-13)19-17(21)10-11-20(24(2,22)23)16-8-6-14(18)7-9-16/h3-9,12H,10-11H2,1-2H3,(H,19,21). The molecule has 0 aromatic heterocycles. The first kappa shape index (κ1) is 17.9. The molecule has 1 amide bonds. The van der Waals surface area contributed by atoms with Crippen molar-refractivity contribution < 1.29 is 17.6 Å². The molecule has 0 spiro atoms. The van der Waals surface area contributed by atoms with Crippen molar-refractivity contribution in [3.05, 3.63) is 59.9 Å². The fraction of sp³-hybridized carbons (Fsp3) is 0.235. The average molecular weight is 350 g/mol. The molecule has 0 bridgehead atoms. The molecule has 24 heavy (non-hydrogen) atoms. The van der Waals surface area contributed by atoms with E-state index in [4.69, 9.17) is 0 Å². The van der Waals surface area contributed by atoms with E-state index in [-0.39, 0.29) is 18.9 Å². The van der Waals surface area contributed by atoms with E-state index in [1.807, 2.05) is 25.1 Å². The van der Waals surface area contributed by atoms with Gasteiger partial charge in [-0.2, -0.15) is 0 Å². The number of sulfonamides is 1. The van der Waals surface area contributed by atoms with Gasteiger partial charge in [0.15, 0.2) is 0 Å². The predicted molar refractivity (Wildman–Crippen MR) is 93.0 cm³/mol. The SMILES string of the molecule is Cc1cccc(NC(=O)CCN(c2ccc(F)cc2)S(C)(=O)=O)c1. The van der Waals surface area contributed by atoms with Crippen molar-refractivity contribution in [2.24, 2.45) is 0 Å². The Morgan fingerprint density at radius 1 is 1.17 bits per heavy atom. The molecule has 2 aromatic rings. The molecule has 2 aromatic carbocycles. The smallest absolute Gasteiger partial charge is 0.232 e. The van der Waals surface area contributed by atoms with Crippen molar-refractivity contribution in [1.29, 1.82) is 0 Å². The molecule has 0 atom stereocenters. The van der Waals surface area contributed by atoms with E-state index in [0.29, 0.717) is 11.4 Å². The van der Waals surface area contributed by atoms with E-state index >= 15 is 0 Å². The summed E-state index contributed by atoms with van der Waals surface area (Å²) in [4.78, 5) is 12.0. The quantitative estimate of drug-likeness (QED) is 0.871. The summed E-state index contributed by atoms with van der Waals surface area (Å²) in [6.07, 6.45) is 1.03. The second-order valence-corrected chi connectivity index (χ2v) is 7.39.